The normalized spacial score (nSPS) is 24.8. The number of aromatic nitrogens is 2. The van der Waals surface area contributed by atoms with E-state index in [1.807, 2.05) is 6.92 Å². The summed E-state index contributed by atoms with van der Waals surface area (Å²) in [5.41, 5.74) is 6.01. The van der Waals surface area contributed by atoms with Crippen LogP contribution in [0.3, 0.4) is 0 Å². The summed E-state index contributed by atoms with van der Waals surface area (Å²) in [6.45, 7) is 6.60. The lowest BCUT2D eigenvalue weighted by Gasteiger charge is -2.35. The Bertz CT molecular complexity index is 371. The molecule has 1 aromatic rings. The molecule has 17 heavy (non-hydrogen) atoms. The van der Waals surface area contributed by atoms with Crippen molar-refractivity contribution in [1.29, 1.82) is 0 Å². The molecular weight excluding hydrogens is 216 g/mol. The van der Waals surface area contributed by atoms with E-state index in [1.165, 1.54) is 0 Å². The summed E-state index contributed by atoms with van der Waals surface area (Å²) in [7, 11) is 0. The van der Waals surface area contributed by atoms with E-state index < -0.39 is 0 Å². The number of nitrogens with zero attached hydrogens (tertiary/aromatic N) is 3. The zero-order chi connectivity index (χ0) is 12.3. The Morgan fingerprint density at radius 3 is 3.06 bits per heavy atom. The van der Waals surface area contributed by atoms with Crippen molar-refractivity contribution in [3.8, 4) is 5.88 Å². The first-order valence-corrected chi connectivity index (χ1v) is 6.16. The minimum atomic E-state index is 0.300. The molecule has 2 unspecified atom stereocenters. The third-order valence-electron chi connectivity index (χ3n) is 3.19. The number of rotatable bonds is 3. The van der Waals surface area contributed by atoms with Gasteiger partial charge < -0.3 is 15.4 Å². The van der Waals surface area contributed by atoms with Crippen molar-refractivity contribution in [2.45, 2.75) is 26.3 Å². The monoisotopic (exact) mass is 236 g/mol. The van der Waals surface area contributed by atoms with Gasteiger partial charge in [-0.25, -0.2) is 0 Å². The number of hydrogen-bond acceptors (Lipinski definition) is 5. The van der Waals surface area contributed by atoms with Crippen LogP contribution in [0.4, 0.5) is 5.82 Å². The van der Waals surface area contributed by atoms with E-state index in [0.717, 1.165) is 25.3 Å². The Hall–Kier alpha value is -1.36. The number of piperidine rings is 1. The number of nitrogens with two attached hydrogens (primary N) is 1. The lowest BCUT2D eigenvalue weighted by Crippen LogP contribution is -2.46. The number of anilines is 1. The summed E-state index contributed by atoms with van der Waals surface area (Å²) in [6.07, 6.45) is 4.43. The topological polar surface area (TPSA) is 64.3 Å². The van der Waals surface area contributed by atoms with Gasteiger partial charge in [0.05, 0.1) is 19.0 Å². The van der Waals surface area contributed by atoms with E-state index in [-0.39, 0.29) is 0 Å². The van der Waals surface area contributed by atoms with Crippen LogP contribution in [0.25, 0.3) is 0 Å². The van der Waals surface area contributed by atoms with E-state index in [0.29, 0.717) is 24.4 Å². The van der Waals surface area contributed by atoms with Gasteiger partial charge in [0.15, 0.2) is 5.82 Å². The number of hydrogen-bond donors (Lipinski definition) is 1. The first kappa shape index (κ1) is 12.1. The van der Waals surface area contributed by atoms with Gasteiger partial charge in [-0.3, -0.25) is 4.98 Å². The van der Waals surface area contributed by atoms with E-state index in [4.69, 9.17) is 10.5 Å². The van der Waals surface area contributed by atoms with Gasteiger partial charge in [0.2, 0.25) is 5.88 Å². The molecule has 2 heterocycles. The second-order valence-electron chi connectivity index (χ2n) is 4.52. The third-order valence-corrected chi connectivity index (χ3v) is 3.19. The fraction of sp³-hybridized carbons (Fsp3) is 0.667. The lowest BCUT2D eigenvalue weighted by molar-refractivity contribution is 0.324. The molecule has 1 saturated heterocycles. The van der Waals surface area contributed by atoms with Crippen LogP contribution in [0.2, 0.25) is 0 Å². The summed E-state index contributed by atoms with van der Waals surface area (Å²) < 4.78 is 5.36. The predicted molar refractivity (Wildman–Crippen MR) is 67.2 cm³/mol. The first-order chi connectivity index (χ1) is 8.20. The zero-order valence-electron chi connectivity index (χ0n) is 10.5. The highest BCUT2D eigenvalue weighted by atomic mass is 16.5. The Labute approximate surface area is 102 Å². The SMILES string of the molecule is CCOc1cncc(N2CCC(N)C(C)C2)n1. The third kappa shape index (κ3) is 2.85. The van der Waals surface area contributed by atoms with Crippen LogP contribution in [-0.2, 0) is 0 Å². The van der Waals surface area contributed by atoms with Gasteiger partial charge in [-0.05, 0) is 19.3 Å². The molecule has 2 atom stereocenters. The minimum Gasteiger partial charge on any atom is -0.477 e. The average Bonchev–Trinajstić information content (AvgIpc) is 2.33. The van der Waals surface area contributed by atoms with Crippen LogP contribution in [0, 0.1) is 5.92 Å². The van der Waals surface area contributed by atoms with Crippen molar-refractivity contribution in [2.75, 3.05) is 24.6 Å². The molecule has 5 nitrogen and oxygen atoms in total. The van der Waals surface area contributed by atoms with Crippen LogP contribution < -0.4 is 15.4 Å². The molecule has 0 saturated carbocycles. The fourth-order valence-electron chi connectivity index (χ4n) is 2.08. The molecule has 1 aliphatic heterocycles. The van der Waals surface area contributed by atoms with Crippen LogP contribution in [0.5, 0.6) is 5.88 Å². The van der Waals surface area contributed by atoms with Gasteiger partial charge in [0, 0.05) is 19.1 Å². The molecule has 0 aromatic carbocycles. The minimum absolute atomic E-state index is 0.300. The van der Waals surface area contributed by atoms with Crippen molar-refractivity contribution in [1.82, 2.24) is 9.97 Å². The Kier molecular flexibility index (Phi) is 3.78. The van der Waals surface area contributed by atoms with E-state index in [2.05, 4.69) is 21.8 Å². The van der Waals surface area contributed by atoms with Crippen molar-refractivity contribution in [2.24, 2.45) is 11.7 Å². The quantitative estimate of drug-likeness (QED) is 0.849. The molecule has 0 spiro atoms. The summed E-state index contributed by atoms with van der Waals surface area (Å²) in [5, 5.41) is 0. The van der Waals surface area contributed by atoms with Gasteiger partial charge in [0.25, 0.3) is 0 Å². The van der Waals surface area contributed by atoms with Gasteiger partial charge in [-0.2, -0.15) is 4.98 Å². The fourth-order valence-corrected chi connectivity index (χ4v) is 2.08. The average molecular weight is 236 g/mol. The highest BCUT2D eigenvalue weighted by molar-refractivity contribution is 5.38. The maximum atomic E-state index is 6.01. The van der Waals surface area contributed by atoms with Crippen LogP contribution >= 0.6 is 0 Å². The van der Waals surface area contributed by atoms with Crippen molar-refractivity contribution < 1.29 is 4.74 Å². The van der Waals surface area contributed by atoms with Gasteiger partial charge in [0.1, 0.15) is 0 Å². The zero-order valence-corrected chi connectivity index (χ0v) is 10.5. The van der Waals surface area contributed by atoms with Crippen molar-refractivity contribution in [3.63, 3.8) is 0 Å². The lowest BCUT2D eigenvalue weighted by atomic mass is 9.95. The predicted octanol–water partition coefficient (Wildman–Crippen LogP) is 1.05. The molecule has 1 aliphatic rings. The summed E-state index contributed by atoms with van der Waals surface area (Å²) >= 11 is 0. The summed E-state index contributed by atoms with van der Waals surface area (Å²) in [6, 6.07) is 0.300. The second kappa shape index (κ2) is 5.31. The molecule has 94 valence electrons. The second-order valence-corrected chi connectivity index (χ2v) is 4.52. The molecule has 0 amide bonds. The van der Waals surface area contributed by atoms with Crippen LogP contribution in [0.15, 0.2) is 12.4 Å². The maximum absolute atomic E-state index is 6.01. The Balaban J connectivity index is 2.09. The molecule has 2 N–H and O–H groups in total. The van der Waals surface area contributed by atoms with E-state index in [1.54, 1.807) is 12.4 Å². The summed E-state index contributed by atoms with van der Waals surface area (Å²) in [5.74, 6) is 1.96. The smallest absolute Gasteiger partial charge is 0.234 e. The maximum Gasteiger partial charge on any atom is 0.234 e. The molecule has 0 bridgehead atoms. The molecule has 1 fully saturated rings. The van der Waals surface area contributed by atoms with E-state index >= 15 is 0 Å². The first-order valence-electron chi connectivity index (χ1n) is 6.16. The highest BCUT2D eigenvalue weighted by Crippen LogP contribution is 2.21. The van der Waals surface area contributed by atoms with Crippen molar-refractivity contribution >= 4 is 5.82 Å². The van der Waals surface area contributed by atoms with Gasteiger partial charge >= 0.3 is 0 Å². The number of ether oxygens (including phenoxy) is 1. The molecule has 2 rings (SSSR count). The van der Waals surface area contributed by atoms with Gasteiger partial charge in [-0.1, -0.05) is 6.92 Å². The largest absolute Gasteiger partial charge is 0.477 e. The Morgan fingerprint density at radius 1 is 1.53 bits per heavy atom. The molecule has 0 radical (unpaired) electrons. The standard InChI is InChI=1S/C12H20N4O/c1-3-17-12-7-14-6-11(15-12)16-5-4-10(13)9(2)8-16/h6-7,9-10H,3-5,8,13H2,1-2H3. The van der Waals surface area contributed by atoms with Crippen LogP contribution in [-0.4, -0.2) is 35.7 Å². The Morgan fingerprint density at radius 2 is 2.35 bits per heavy atom. The molecule has 0 aliphatic carbocycles. The van der Waals surface area contributed by atoms with Crippen LogP contribution in [0.1, 0.15) is 20.3 Å². The van der Waals surface area contributed by atoms with Crippen molar-refractivity contribution in [3.05, 3.63) is 12.4 Å². The molecule has 1 aromatic heterocycles. The van der Waals surface area contributed by atoms with Gasteiger partial charge in [-0.15, -0.1) is 0 Å². The molecule has 5 heteroatoms. The molecular formula is C12H20N4O. The highest BCUT2D eigenvalue weighted by Gasteiger charge is 2.24. The van der Waals surface area contributed by atoms with E-state index in [9.17, 15) is 0 Å². The summed E-state index contributed by atoms with van der Waals surface area (Å²) in [4.78, 5) is 10.8.